The lowest BCUT2D eigenvalue weighted by atomic mass is 10.1. The van der Waals surface area contributed by atoms with Crippen LogP contribution < -0.4 is 5.32 Å². The van der Waals surface area contributed by atoms with Gasteiger partial charge in [-0.25, -0.2) is 0 Å². The number of hydrogen-bond acceptors (Lipinski definition) is 5. The van der Waals surface area contributed by atoms with Crippen LogP contribution in [0.5, 0.6) is 5.75 Å². The molecule has 0 radical (unpaired) electrons. The lowest BCUT2D eigenvalue weighted by molar-refractivity contribution is -0.137. The first kappa shape index (κ1) is 16.3. The molecular formula is C13H11ClF3N3O2. The Morgan fingerprint density at radius 1 is 1.18 bits per heavy atom. The van der Waals surface area contributed by atoms with E-state index in [1.54, 1.807) is 0 Å². The molecule has 0 bridgehead atoms. The number of alkyl halides is 3. The Balaban J connectivity index is 2.36. The van der Waals surface area contributed by atoms with E-state index < -0.39 is 17.5 Å². The third-order valence-corrected chi connectivity index (χ3v) is 3.03. The number of phenolic OH excluding ortho intramolecular Hbond substituents is 1. The van der Waals surface area contributed by atoms with Crippen molar-refractivity contribution in [2.24, 2.45) is 0 Å². The Morgan fingerprint density at radius 3 is 2.41 bits per heavy atom. The second-order valence-corrected chi connectivity index (χ2v) is 4.71. The van der Waals surface area contributed by atoms with Crippen LogP contribution in [0, 0.1) is 0 Å². The molecule has 0 amide bonds. The number of nitrogens with zero attached hydrogens (tertiary/aromatic N) is 2. The Kier molecular flexibility index (Phi) is 4.72. The average molecular weight is 334 g/mol. The van der Waals surface area contributed by atoms with Crippen LogP contribution in [-0.4, -0.2) is 33.6 Å². The lowest BCUT2D eigenvalue weighted by Crippen LogP contribution is -2.07. The summed E-state index contributed by atoms with van der Waals surface area (Å²) in [4.78, 5) is 0. The standard InChI is InChI=1S/C13H11ClF3N3O2/c14-8-5-7(13(15,16)17)6-10(22)12(8)9-1-2-11(20-19-9)18-3-4-21/h1-2,5-6,21-22H,3-4H2,(H,18,20). The summed E-state index contributed by atoms with van der Waals surface area (Å²) in [6.07, 6.45) is -4.61. The smallest absolute Gasteiger partial charge is 0.416 e. The highest BCUT2D eigenvalue weighted by atomic mass is 35.5. The van der Waals surface area contributed by atoms with E-state index in [1.807, 2.05) is 0 Å². The molecule has 0 aliphatic rings. The zero-order chi connectivity index (χ0) is 16.3. The van der Waals surface area contributed by atoms with Crippen molar-refractivity contribution < 1.29 is 23.4 Å². The topological polar surface area (TPSA) is 78.3 Å². The fourth-order valence-corrected chi connectivity index (χ4v) is 2.06. The summed E-state index contributed by atoms with van der Waals surface area (Å²) in [5, 5.41) is 28.5. The van der Waals surface area contributed by atoms with Gasteiger partial charge in [-0.1, -0.05) is 11.6 Å². The van der Waals surface area contributed by atoms with Crippen molar-refractivity contribution in [1.82, 2.24) is 10.2 Å². The number of phenols is 1. The van der Waals surface area contributed by atoms with Crippen LogP contribution in [0.4, 0.5) is 19.0 Å². The van der Waals surface area contributed by atoms with E-state index in [0.717, 1.165) is 6.07 Å². The molecular weight excluding hydrogens is 323 g/mol. The van der Waals surface area contributed by atoms with Gasteiger partial charge in [-0.15, -0.1) is 10.2 Å². The first-order chi connectivity index (χ1) is 10.3. The maximum Gasteiger partial charge on any atom is 0.416 e. The van der Waals surface area contributed by atoms with E-state index in [-0.39, 0.29) is 29.4 Å². The molecule has 0 saturated carbocycles. The molecule has 1 heterocycles. The quantitative estimate of drug-likeness (QED) is 0.802. The van der Waals surface area contributed by atoms with E-state index in [1.165, 1.54) is 12.1 Å². The number of aliphatic hydroxyl groups is 1. The van der Waals surface area contributed by atoms with Crippen LogP contribution >= 0.6 is 11.6 Å². The molecule has 9 heteroatoms. The highest BCUT2D eigenvalue weighted by molar-refractivity contribution is 6.33. The van der Waals surface area contributed by atoms with E-state index >= 15 is 0 Å². The number of rotatable bonds is 4. The third kappa shape index (κ3) is 3.58. The number of aromatic hydroxyl groups is 1. The van der Waals surface area contributed by atoms with Gasteiger partial charge in [0.1, 0.15) is 11.6 Å². The van der Waals surface area contributed by atoms with Gasteiger partial charge in [-0.3, -0.25) is 0 Å². The molecule has 118 valence electrons. The minimum atomic E-state index is -4.61. The van der Waals surface area contributed by atoms with Crippen LogP contribution in [-0.2, 0) is 6.18 Å². The minimum absolute atomic E-state index is 0.0316. The number of anilines is 1. The highest BCUT2D eigenvalue weighted by Gasteiger charge is 2.32. The Bertz CT molecular complexity index is 640. The SMILES string of the molecule is OCCNc1ccc(-c2c(O)cc(C(F)(F)F)cc2Cl)nn1. The Hall–Kier alpha value is -2.06. The maximum atomic E-state index is 12.6. The van der Waals surface area contributed by atoms with E-state index in [2.05, 4.69) is 15.5 Å². The van der Waals surface area contributed by atoms with Crippen molar-refractivity contribution in [3.63, 3.8) is 0 Å². The zero-order valence-corrected chi connectivity index (χ0v) is 11.8. The van der Waals surface area contributed by atoms with Gasteiger partial charge in [-0.2, -0.15) is 13.2 Å². The van der Waals surface area contributed by atoms with Crippen LogP contribution in [0.3, 0.4) is 0 Å². The normalized spacial score (nSPS) is 11.5. The number of aromatic nitrogens is 2. The molecule has 0 atom stereocenters. The molecule has 22 heavy (non-hydrogen) atoms. The van der Waals surface area contributed by atoms with Crippen LogP contribution in [0.1, 0.15) is 5.56 Å². The van der Waals surface area contributed by atoms with E-state index in [0.29, 0.717) is 11.9 Å². The van der Waals surface area contributed by atoms with Crippen molar-refractivity contribution >= 4 is 17.4 Å². The van der Waals surface area contributed by atoms with Crippen molar-refractivity contribution in [2.75, 3.05) is 18.5 Å². The molecule has 0 aliphatic carbocycles. The van der Waals surface area contributed by atoms with Gasteiger partial charge >= 0.3 is 6.18 Å². The van der Waals surface area contributed by atoms with Crippen molar-refractivity contribution in [3.8, 4) is 17.0 Å². The number of halogens is 4. The lowest BCUT2D eigenvalue weighted by Gasteiger charge is -2.12. The fraction of sp³-hybridized carbons (Fsp3) is 0.231. The van der Waals surface area contributed by atoms with E-state index in [4.69, 9.17) is 16.7 Å². The molecule has 0 fully saturated rings. The summed E-state index contributed by atoms with van der Waals surface area (Å²) in [5.41, 5.74) is -0.949. The van der Waals surface area contributed by atoms with Crippen molar-refractivity contribution in [1.29, 1.82) is 0 Å². The van der Waals surface area contributed by atoms with Crippen LogP contribution in [0.25, 0.3) is 11.3 Å². The number of hydrogen-bond donors (Lipinski definition) is 3. The molecule has 5 nitrogen and oxygen atoms in total. The van der Waals surface area contributed by atoms with Gasteiger partial charge in [0.2, 0.25) is 0 Å². The number of benzene rings is 1. The summed E-state index contributed by atoms with van der Waals surface area (Å²) in [7, 11) is 0. The molecule has 0 spiro atoms. The van der Waals surface area contributed by atoms with Gasteiger partial charge in [0.15, 0.2) is 0 Å². The molecule has 2 rings (SSSR count). The Morgan fingerprint density at radius 2 is 1.91 bits per heavy atom. The molecule has 0 aliphatic heterocycles. The average Bonchev–Trinajstić information content (AvgIpc) is 2.44. The summed E-state index contributed by atoms with van der Waals surface area (Å²) >= 11 is 5.82. The molecule has 0 unspecified atom stereocenters. The largest absolute Gasteiger partial charge is 0.507 e. The second kappa shape index (κ2) is 6.37. The third-order valence-electron chi connectivity index (χ3n) is 2.74. The van der Waals surface area contributed by atoms with Crippen molar-refractivity contribution in [3.05, 3.63) is 34.9 Å². The van der Waals surface area contributed by atoms with Gasteiger partial charge < -0.3 is 15.5 Å². The first-order valence-corrected chi connectivity index (χ1v) is 6.49. The zero-order valence-electron chi connectivity index (χ0n) is 11.0. The molecule has 1 aromatic heterocycles. The monoisotopic (exact) mass is 333 g/mol. The van der Waals surface area contributed by atoms with Crippen LogP contribution in [0.15, 0.2) is 24.3 Å². The van der Waals surface area contributed by atoms with Gasteiger partial charge in [0.05, 0.1) is 28.5 Å². The van der Waals surface area contributed by atoms with Crippen LogP contribution in [0.2, 0.25) is 5.02 Å². The van der Waals surface area contributed by atoms with Crippen molar-refractivity contribution in [2.45, 2.75) is 6.18 Å². The fourth-order valence-electron chi connectivity index (χ4n) is 1.75. The summed E-state index contributed by atoms with van der Waals surface area (Å²) in [6.45, 7) is 0.190. The first-order valence-electron chi connectivity index (χ1n) is 6.11. The predicted octanol–water partition coefficient (Wildman–Crippen LogP) is 2.93. The molecule has 0 saturated heterocycles. The molecule has 3 N–H and O–H groups in total. The molecule has 2 aromatic rings. The minimum Gasteiger partial charge on any atom is -0.507 e. The summed E-state index contributed by atoms with van der Waals surface area (Å²) in [6, 6.07) is 4.25. The highest BCUT2D eigenvalue weighted by Crippen LogP contribution is 2.40. The second-order valence-electron chi connectivity index (χ2n) is 4.30. The van der Waals surface area contributed by atoms with Gasteiger partial charge in [0, 0.05) is 6.54 Å². The number of aliphatic hydroxyl groups excluding tert-OH is 1. The van der Waals surface area contributed by atoms with Gasteiger partial charge in [0.25, 0.3) is 0 Å². The van der Waals surface area contributed by atoms with E-state index in [9.17, 15) is 18.3 Å². The predicted molar refractivity (Wildman–Crippen MR) is 74.7 cm³/mol. The summed E-state index contributed by atoms with van der Waals surface area (Å²) < 4.78 is 37.9. The van der Waals surface area contributed by atoms with Gasteiger partial charge in [-0.05, 0) is 24.3 Å². The Labute approximate surface area is 128 Å². The maximum absolute atomic E-state index is 12.6. The number of nitrogens with one attached hydrogen (secondary N) is 1. The molecule has 1 aromatic carbocycles. The summed E-state index contributed by atoms with van der Waals surface area (Å²) in [5.74, 6) is -0.259.